The molecule has 0 aliphatic heterocycles. The van der Waals surface area contributed by atoms with E-state index in [1.165, 1.54) is 0 Å². The first-order valence-corrected chi connectivity index (χ1v) is 8.26. The van der Waals surface area contributed by atoms with Crippen molar-refractivity contribution in [2.75, 3.05) is 19.8 Å². The van der Waals surface area contributed by atoms with Gasteiger partial charge in [0.2, 0.25) is 0 Å². The van der Waals surface area contributed by atoms with Crippen molar-refractivity contribution in [1.82, 2.24) is 5.32 Å². The van der Waals surface area contributed by atoms with E-state index in [2.05, 4.69) is 5.32 Å². The largest absolute Gasteiger partial charge is 0.492 e. The number of hydrogen-bond donors (Lipinski definition) is 1. The SMILES string of the molecule is Cc1cc(OCCNC(=O)COc2ccc(Cl)cc2)cc(C)c1Cl. The predicted octanol–water partition coefficient (Wildman–Crippen LogP) is 4.18. The van der Waals surface area contributed by atoms with Gasteiger partial charge in [-0.2, -0.15) is 0 Å². The highest BCUT2D eigenvalue weighted by Gasteiger charge is 2.05. The Morgan fingerprint density at radius 2 is 1.62 bits per heavy atom. The third-order valence-electron chi connectivity index (χ3n) is 3.29. The molecular formula is C18H19Cl2NO3. The summed E-state index contributed by atoms with van der Waals surface area (Å²) >= 11 is 11.9. The number of aryl methyl sites for hydroxylation is 2. The molecule has 0 fully saturated rings. The molecule has 0 bridgehead atoms. The van der Waals surface area contributed by atoms with E-state index in [1.54, 1.807) is 24.3 Å². The molecule has 0 radical (unpaired) electrons. The van der Waals surface area contributed by atoms with E-state index in [0.29, 0.717) is 23.9 Å². The van der Waals surface area contributed by atoms with Gasteiger partial charge in [-0.1, -0.05) is 23.2 Å². The topological polar surface area (TPSA) is 47.6 Å². The van der Waals surface area contributed by atoms with Gasteiger partial charge < -0.3 is 14.8 Å². The van der Waals surface area contributed by atoms with Gasteiger partial charge in [0.25, 0.3) is 5.91 Å². The fraction of sp³-hybridized carbons (Fsp3) is 0.278. The van der Waals surface area contributed by atoms with Gasteiger partial charge >= 0.3 is 0 Å². The molecule has 24 heavy (non-hydrogen) atoms. The van der Waals surface area contributed by atoms with Crippen LogP contribution >= 0.6 is 23.2 Å². The van der Waals surface area contributed by atoms with E-state index >= 15 is 0 Å². The normalized spacial score (nSPS) is 10.3. The molecular weight excluding hydrogens is 349 g/mol. The number of nitrogens with one attached hydrogen (secondary N) is 1. The molecule has 0 atom stereocenters. The molecule has 0 saturated carbocycles. The van der Waals surface area contributed by atoms with Crippen LogP contribution in [-0.2, 0) is 4.79 Å². The maximum Gasteiger partial charge on any atom is 0.258 e. The standard InChI is InChI=1S/C18H19Cl2NO3/c1-12-9-16(10-13(2)18(12)20)23-8-7-21-17(22)11-24-15-5-3-14(19)4-6-15/h3-6,9-10H,7-8,11H2,1-2H3,(H,21,22). The number of halogens is 2. The van der Waals surface area contributed by atoms with Crippen molar-refractivity contribution >= 4 is 29.1 Å². The lowest BCUT2D eigenvalue weighted by Crippen LogP contribution is -2.32. The molecule has 6 heteroatoms. The first kappa shape index (κ1) is 18.4. The zero-order chi connectivity index (χ0) is 17.5. The molecule has 0 unspecified atom stereocenters. The summed E-state index contributed by atoms with van der Waals surface area (Å²) in [4.78, 5) is 11.7. The van der Waals surface area contributed by atoms with Crippen LogP contribution in [0.15, 0.2) is 36.4 Å². The second-order valence-electron chi connectivity index (χ2n) is 5.31. The molecule has 0 aliphatic rings. The maximum atomic E-state index is 11.7. The smallest absolute Gasteiger partial charge is 0.258 e. The molecule has 1 amide bonds. The van der Waals surface area contributed by atoms with Gasteiger partial charge in [0, 0.05) is 10.0 Å². The number of benzene rings is 2. The summed E-state index contributed by atoms with van der Waals surface area (Å²) in [7, 11) is 0. The van der Waals surface area contributed by atoms with E-state index < -0.39 is 0 Å². The van der Waals surface area contributed by atoms with Gasteiger partial charge in [0.05, 0.1) is 6.54 Å². The van der Waals surface area contributed by atoms with Crippen molar-refractivity contribution in [3.63, 3.8) is 0 Å². The first-order valence-electron chi connectivity index (χ1n) is 7.50. The minimum Gasteiger partial charge on any atom is -0.492 e. The molecule has 1 N–H and O–H groups in total. The minimum absolute atomic E-state index is 0.0548. The zero-order valence-corrected chi connectivity index (χ0v) is 15.1. The Hall–Kier alpha value is -1.91. The Kier molecular flexibility index (Phi) is 6.76. The summed E-state index contributed by atoms with van der Waals surface area (Å²) < 4.78 is 11.0. The lowest BCUT2D eigenvalue weighted by atomic mass is 10.1. The van der Waals surface area contributed by atoms with Crippen LogP contribution < -0.4 is 14.8 Å². The van der Waals surface area contributed by atoms with Gasteiger partial charge in [-0.3, -0.25) is 4.79 Å². The lowest BCUT2D eigenvalue weighted by molar-refractivity contribution is -0.123. The Morgan fingerprint density at radius 1 is 1.00 bits per heavy atom. The number of ether oxygens (including phenoxy) is 2. The molecule has 4 nitrogen and oxygen atoms in total. The molecule has 0 aliphatic carbocycles. The summed E-state index contributed by atoms with van der Waals surface area (Å²) in [5.74, 6) is 1.12. The number of carbonyl (C=O) groups is 1. The van der Waals surface area contributed by atoms with Gasteiger partial charge in [0.15, 0.2) is 6.61 Å². The van der Waals surface area contributed by atoms with Crippen molar-refractivity contribution in [3.05, 3.63) is 57.6 Å². The third-order valence-corrected chi connectivity index (χ3v) is 4.13. The Bertz CT molecular complexity index is 679. The molecule has 0 heterocycles. The fourth-order valence-electron chi connectivity index (χ4n) is 2.08. The molecule has 2 aromatic carbocycles. The van der Waals surface area contributed by atoms with Crippen LogP contribution in [0, 0.1) is 13.8 Å². The van der Waals surface area contributed by atoms with Gasteiger partial charge in [-0.05, 0) is 61.4 Å². The van der Waals surface area contributed by atoms with E-state index in [-0.39, 0.29) is 12.5 Å². The van der Waals surface area contributed by atoms with E-state index in [4.69, 9.17) is 32.7 Å². The summed E-state index contributed by atoms with van der Waals surface area (Å²) in [5.41, 5.74) is 1.93. The van der Waals surface area contributed by atoms with Crippen LogP contribution in [0.4, 0.5) is 0 Å². The van der Waals surface area contributed by atoms with E-state index in [9.17, 15) is 4.79 Å². The number of amides is 1. The second-order valence-corrected chi connectivity index (χ2v) is 6.13. The van der Waals surface area contributed by atoms with Crippen molar-refractivity contribution in [2.24, 2.45) is 0 Å². The van der Waals surface area contributed by atoms with Crippen molar-refractivity contribution in [2.45, 2.75) is 13.8 Å². The summed E-state index contributed by atoms with van der Waals surface area (Å²) in [6.07, 6.45) is 0. The number of carbonyl (C=O) groups excluding carboxylic acids is 1. The van der Waals surface area contributed by atoms with Crippen LogP contribution in [-0.4, -0.2) is 25.7 Å². The molecule has 2 rings (SSSR count). The maximum absolute atomic E-state index is 11.7. The Labute approximate surface area is 151 Å². The monoisotopic (exact) mass is 367 g/mol. The average molecular weight is 368 g/mol. The average Bonchev–Trinajstić information content (AvgIpc) is 2.56. The predicted molar refractivity (Wildman–Crippen MR) is 96.4 cm³/mol. The van der Waals surface area contributed by atoms with Crippen LogP contribution in [0.5, 0.6) is 11.5 Å². The summed E-state index contributed by atoms with van der Waals surface area (Å²) in [6.45, 7) is 4.56. The zero-order valence-electron chi connectivity index (χ0n) is 13.6. The Balaban J connectivity index is 1.68. The van der Waals surface area contributed by atoms with Gasteiger partial charge in [-0.25, -0.2) is 0 Å². The quantitative estimate of drug-likeness (QED) is 0.746. The molecule has 0 aromatic heterocycles. The van der Waals surface area contributed by atoms with Crippen molar-refractivity contribution in [1.29, 1.82) is 0 Å². The highest BCUT2D eigenvalue weighted by molar-refractivity contribution is 6.32. The van der Waals surface area contributed by atoms with Crippen LogP contribution in [0.3, 0.4) is 0 Å². The lowest BCUT2D eigenvalue weighted by Gasteiger charge is -2.11. The molecule has 0 saturated heterocycles. The second kappa shape index (κ2) is 8.81. The highest BCUT2D eigenvalue weighted by Crippen LogP contribution is 2.25. The minimum atomic E-state index is -0.211. The molecule has 0 spiro atoms. The van der Waals surface area contributed by atoms with E-state index in [0.717, 1.165) is 21.9 Å². The number of hydrogen-bond acceptors (Lipinski definition) is 3. The molecule has 2 aromatic rings. The summed E-state index contributed by atoms with van der Waals surface area (Å²) in [6, 6.07) is 10.6. The van der Waals surface area contributed by atoms with Crippen LogP contribution in [0.1, 0.15) is 11.1 Å². The molecule has 128 valence electrons. The van der Waals surface area contributed by atoms with Crippen molar-refractivity contribution < 1.29 is 14.3 Å². The van der Waals surface area contributed by atoms with Gasteiger partial charge in [0.1, 0.15) is 18.1 Å². The number of rotatable bonds is 7. The van der Waals surface area contributed by atoms with E-state index in [1.807, 2.05) is 26.0 Å². The van der Waals surface area contributed by atoms with Gasteiger partial charge in [-0.15, -0.1) is 0 Å². The summed E-state index contributed by atoms with van der Waals surface area (Å²) in [5, 5.41) is 4.10. The first-order chi connectivity index (χ1) is 11.5. The van der Waals surface area contributed by atoms with Crippen LogP contribution in [0.25, 0.3) is 0 Å². The fourth-order valence-corrected chi connectivity index (χ4v) is 2.31. The third kappa shape index (κ3) is 5.62. The van der Waals surface area contributed by atoms with Crippen molar-refractivity contribution in [3.8, 4) is 11.5 Å². The van der Waals surface area contributed by atoms with Crippen LogP contribution in [0.2, 0.25) is 10.0 Å². The Morgan fingerprint density at radius 3 is 2.25 bits per heavy atom. The highest BCUT2D eigenvalue weighted by atomic mass is 35.5.